The molecule has 0 amide bonds. The second kappa shape index (κ2) is 6.42. The van der Waals surface area contributed by atoms with E-state index in [-0.39, 0.29) is 0 Å². The second-order valence-corrected chi connectivity index (χ2v) is 5.08. The first kappa shape index (κ1) is 13.7. The molecule has 1 rings (SSSR count). The van der Waals surface area contributed by atoms with E-state index in [2.05, 4.69) is 43.0 Å². The number of hydrogen-bond acceptors (Lipinski definition) is 4. The van der Waals surface area contributed by atoms with E-state index >= 15 is 0 Å². The summed E-state index contributed by atoms with van der Waals surface area (Å²) in [6, 6.07) is 1.84. The Morgan fingerprint density at radius 3 is 2.41 bits per heavy atom. The topological polar surface area (TPSA) is 47.0 Å². The van der Waals surface area contributed by atoms with Crippen LogP contribution in [0.2, 0.25) is 0 Å². The summed E-state index contributed by atoms with van der Waals surface area (Å²) < 4.78 is 5.19. The molecule has 0 saturated heterocycles. The maximum atomic E-state index is 5.19. The van der Waals surface area contributed by atoms with Crippen LogP contribution in [0.1, 0.15) is 33.5 Å². The van der Waals surface area contributed by atoms with Crippen LogP contribution in [-0.4, -0.2) is 23.6 Å². The minimum Gasteiger partial charge on any atom is -0.481 e. The lowest BCUT2D eigenvalue weighted by Crippen LogP contribution is -2.11. The number of methoxy groups -OCH3 is 1. The first-order valence-corrected chi connectivity index (χ1v) is 6.17. The predicted octanol–water partition coefficient (Wildman–Crippen LogP) is 2.75. The van der Waals surface area contributed by atoms with Gasteiger partial charge in [-0.3, -0.25) is 0 Å². The Morgan fingerprint density at radius 1 is 1.18 bits per heavy atom. The number of nitrogens with zero attached hydrogens (tertiary/aromatic N) is 2. The molecule has 0 aliphatic rings. The van der Waals surface area contributed by atoms with Gasteiger partial charge in [-0.05, 0) is 11.8 Å². The zero-order chi connectivity index (χ0) is 12.8. The van der Waals surface area contributed by atoms with Gasteiger partial charge in [0.25, 0.3) is 0 Å². The summed E-state index contributed by atoms with van der Waals surface area (Å²) in [5.74, 6) is 3.44. The Kier molecular flexibility index (Phi) is 5.19. The fourth-order valence-corrected chi connectivity index (χ4v) is 1.43. The van der Waals surface area contributed by atoms with Crippen molar-refractivity contribution in [2.45, 2.75) is 34.1 Å². The van der Waals surface area contributed by atoms with Crippen LogP contribution in [0.25, 0.3) is 0 Å². The van der Waals surface area contributed by atoms with E-state index < -0.39 is 0 Å². The molecule has 1 aromatic rings. The van der Waals surface area contributed by atoms with E-state index in [1.807, 2.05) is 6.07 Å². The maximum Gasteiger partial charge on any atom is 0.218 e. The van der Waals surface area contributed by atoms with Gasteiger partial charge in [-0.2, -0.15) is 4.98 Å². The van der Waals surface area contributed by atoms with Crippen molar-refractivity contribution in [2.75, 3.05) is 19.0 Å². The molecule has 1 aromatic heterocycles. The Labute approximate surface area is 104 Å². The molecular formula is C13H23N3O. The first-order valence-electron chi connectivity index (χ1n) is 6.17. The van der Waals surface area contributed by atoms with Crippen molar-refractivity contribution in [3.63, 3.8) is 0 Å². The number of anilines is 1. The average Bonchev–Trinajstić information content (AvgIpc) is 2.25. The van der Waals surface area contributed by atoms with Crippen molar-refractivity contribution in [1.29, 1.82) is 0 Å². The third-order valence-electron chi connectivity index (χ3n) is 2.24. The van der Waals surface area contributed by atoms with E-state index in [0.29, 0.717) is 17.7 Å². The highest BCUT2D eigenvalue weighted by Gasteiger charge is 2.07. The molecule has 0 aromatic carbocycles. The molecule has 17 heavy (non-hydrogen) atoms. The molecule has 0 aliphatic carbocycles. The van der Waals surface area contributed by atoms with Crippen molar-refractivity contribution in [1.82, 2.24) is 9.97 Å². The normalized spacial score (nSPS) is 11.0. The summed E-state index contributed by atoms with van der Waals surface area (Å²) >= 11 is 0. The van der Waals surface area contributed by atoms with Crippen molar-refractivity contribution < 1.29 is 4.74 Å². The Balaban J connectivity index is 2.81. The molecule has 0 radical (unpaired) electrons. The first-order chi connectivity index (χ1) is 8.01. The van der Waals surface area contributed by atoms with E-state index in [1.54, 1.807) is 7.11 Å². The van der Waals surface area contributed by atoms with Crippen LogP contribution in [0.3, 0.4) is 0 Å². The zero-order valence-electron chi connectivity index (χ0n) is 11.4. The molecular weight excluding hydrogens is 214 g/mol. The quantitative estimate of drug-likeness (QED) is 0.826. The van der Waals surface area contributed by atoms with Crippen LogP contribution >= 0.6 is 0 Å². The van der Waals surface area contributed by atoms with Crippen molar-refractivity contribution in [3.05, 3.63) is 11.9 Å². The van der Waals surface area contributed by atoms with Crippen LogP contribution in [0.15, 0.2) is 6.07 Å². The van der Waals surface area contributed by atoms with Gasteiger partial charge in [-0.1, -0.05) is 27.7 Å². The van der Waals surface area contributed by atoms with Crippen molar-refractivity contribution in [3.8, 4) is 5.88 Å². The van der Waals surface area contributed by atoms with Gasteiger partial charge in [0.05, 0.1) is 7.11 Å². The van der Waals surface area contributed by atoms with Gasteiger partial charge in [0, 0.05) is 19.0 Å². The van der Waals surface area contributed by atoms with Crippen LogP contribution in [-0.2, 0) is 6.42 Å². The largest absolute Gasteiger partial charge is 0.481 e. The van der Waals surface area contributed by atoms with Crippen LogP contribution in [0.5, 0.6) is 5.88 Å². The molecule has 1 N–H and O–H groups in total. The highest BCUT2D eigenvalue weighted by Crippen LogP contribution is 2.15. The summed E-state index contributed by atoms with van der Waals surface area (Å²) in [5.41, 5.74) is 0. The molecule has 1 heterocycles. The molecule has 0 spiro atoms. The summed E-state index contributed by atoms with van der Waals surface area (Å²) in [7, 11) is 1.63. The summed E-state index contributed by atoms with van der Waals surface area (Å²) in [5, 5.41) is 3.30. The van der Waals surface area contributed by atoms with Gasteiger partial charge in [0.15, 0.2) is 0 Å². The standard InChI is InChI=1S/C13H23N3O/c1-9(2)6-12-15-11(14-8-10(3)4)7-13(16-12)17-5/h7,9-10H,6,8H2,1-5H3,(H,14,15,16). The van der Waals surface area contributed by atoms with Gasteiger partial charge in [0.1, 0.15) is 11.6 Å². The fourth-order valence-electron chi connectivity index (χ4n) is 1.43. The molecule has 4 nitrogen and oxygen atoms in total. The number of nitrogens with one attached hydrogen (secondary N) is 1. The van der Waals surface area contributed by atoms with Gasteiger partial charge in [-0.25, -0.2) is 4.98 Å². The Hall–Kier alpha value is -1.32. The number of aromatic nitrogens is 2. The molecule has 0 bridgehead atoms. The van der Waals surface area contributed by atoms with Crippen LogP contribution in [0.4, 0.5) is 5.82 Å². The molecule has 0 unspecified atom stereocenters. The minimum atomic E-state index is 0.542. The lowest BCUT2D eigenvalue weighted by Gasteiger charge is -2.11. The minimum absolute atomic E-state index is 0.542. The average molecular weight is 237 g/mol. The summed E-state index contributed by atoms with van der Waals surface area (Å²) in [6.45, 7) is 9.55. The molecule has 96 valence electrons. The van der Waals surface area contributed by atoms with Crippen LogP contribution < -0.4 is 10.1 Å². The Bertz CT molecular complexity index is 351. The van der Waals surface area contributed by atoms with Gasteiger partial charge in [-0.15, -0.1) is 0 Å². The summed E-state index contributed by atoms with van der Waals surface area (Å²) in [6.07, 6.45) is 0.869. The Morgan fingerprint density at radius 2 is 1.88 bits per heavy atom. The maximum absolute atomic E-state index is 5.19. The molecule has 0 aliphatic heterocycles. The molecule has 0 atom stereocenters. The molecule has 0 fully saturated rings. The smallest absolute Gasteiger partial charge is 0.218 e. The molecule has 0 saturated carbocycles. The zero-order valence-corrected chi connectivity index (χ0v) is 11.4. The van der Waals surface area contributed by atoms with Gasteiger partial charge in [0.2, 0.25) is 5.88 Å². The van der Waals surface area contributed by atoms with Gasteiger partial charge < -0.3 is 10.1 Å². The number of hydrogen-bond donors (Lipinski definition) is 1. The monoisotopic (exact) mass is 237 g/mol. The van der Waals surface area contributed by atoms with E-state index in [1.165, 1.54) is 0 Å². The van der Waals surface area contributed by atoms with Crippen molar-refractivity contribution >= 4 is 5.82 Å². The van der Waals surface area contributed by atoms with E-state index in [4.69, 9.17) is 4.74 Å². The van der Waals surface area contributed by atoms with Gasteiger partial charge >= 0.3 is 0 Å². The number of ether oxygens (including phenoxy) is 1. The SMILES string of the molecule is COc1cc(NCC(C)C)nc(CC(C)C)n1. The van der Waals surface area contributed by atoms with Crippen LogP contribution in [0, 0.1) is 11.8 Å². The third kappa shape index (κ3) is 5.02. The lowest BCUT2D eigenvalue weighted by atomic mass is 10.1. The predicted molar refractivity (Wildman–Crippen MR) is 70.5 cm³/mol. The lowest BCUT2D eigenvalue weighted by molar-refractivity contribution is 0.394. The van der Waals surface area contributed by atoms with E-state index in [9.17, 15) is 0 Å². The highest BCUT2D eigenvalue weighted by atomic mass is 16.5. The summed E-state index contributed by atoms with van der Waals surface area (Å²) in [4.78, 5) is 8.84. The van der Waals surface area contributed by atoms with E-state index in [0.717, 1.165) is 24.6 Å². The number of rotatable bonds is 6. The second-order valence-electron chi connectivity index (χ2n) is 5.08. The fraction of sp³-hybridized carbons (Fsp3) is 0.692. The molecule has 4 heteroatoms. The van der Waals surface area contributed by atoms with Crippen molar-refractivity contribution in [2.24, 2.45) is 11.8 Å². The highest BCUT2D eigenvalue weighted by molar-refractivity contribution is 5.38. The third-order valence-corrected chi connectivity index (χ3v) is 2.24.